The molecule has 1 amide bonds. The normalized spacial score (nSPS) is 35.4. The van der Waals surface area contributed by atoms with Crippen LogP contribution in [0.1, 0.15) is 73.4 Å². The number of hydrogen-bond acceptors (Lipinski definition) is 6. The molecule has 2 saturated carbocycles. The van der Waals surface area contributed by atoms with Crippen LogP contribution in [-0.2, 0) is 21.9 Å². The maximum absolute atomic E-state index is 13.3. The monoisotopic (exact) mass is 612 g/mol. The van der Waals surface area contributed by atoms with Crippen molar-refractivity contribution in [1.29, 1.82) is 0 Å². The van der Waals surface area contributed by atoms with Gasteiger partial charge in [-0.15, -0.1) is 0 Å². The number of benzene rings is 2. The van der Waals surface area contributed by atoms with Crippen molar-refractivity contribution in [3.63, 3.8) is 0 Å². The van der Waals surface area contributed by atoms with Crippen LogP contribution in [0.15, 0.2) is 36.4 Å². The Balaban J connectivity index is 1.28. The van der Waals surface area contributed by atoms with Gasteiger partial charge in [0.05, 0.1) is 18.0 Å². The van der Waals surface area contributed by atoms with Crippen molar-refractivity contribution in [2.75, 3.05) is 37.0 Å². The van der Waals surface area contributed by atoms with Crippen molar-refractivity contribution in [3.8, 4) is 5.75 Å². The smallest absolute Gasteiger partial charge is 0.264 e. The first-order valence-electron chi connectivity index (χ1n) is 15.5. The minimum Gasteiger partial charge on any atom is -0.490 e. The molecule has 2 fully saturated rings. The van der Waals surface area contributed by atoms with E-state index in [0.717, 1.165) is 80.9 Å². The number of nitrogens with one attached hydrogen (secondary N) is 1. The van der Waals surface area contributed by atoms with Gasteiger partial charge < -0.3 is 14.7 Å². The Morgan fingerprint density at radius 1 is 1.14 bits per heavy atom. The number of anilines is 1. The summed E-state index contributed by atoms with van der Waals surface area (Å²) in [5, 5.41) is 11.2. The molecule has 5 aliphatic rings. The summed E-state index contributed by atoms with van der Waals surface area (Å²) in [4.78, 5) is 15.7. The molecule has 1 spiro atoms. The number of amides is 1. The molecule has 6 atom stereocenters. The highest BCUT2D eigenvalue weighted by Gasteiger charge is 2.52. The number of carbonyl (C=O) groups is 1. The Morgan fingerprint density at radius 3 is 2.79 bits per heavy atom. The number of halogens is 1. The van der Waals surface area contributed by atoms with Crippen LogP contribution in [0.4, 0.5) is 5.69 Å². The molecule has 1 unspecified atom stereocenters. The van der Waals surface area contributed by atoms with Crippen molar-refractivity contribution in [1.82, 2.24) is 4.72 Å². The van der Waals surface area contributed by atoms with Gasteiger partial charge >= 0.3 is 0 Å². The molecule has 2 aliphatic heterocycles. The Bertz CT molecular complexity index is 1510. The molecule has 7 nitrogen and oxygen atoms in total. The minimum atomic E-state index is -3.79. The van der Waals surface area contributed by atoms with Gasteiger partial charge in [0, 0.05) is 35.7 Å². The number of sulfonamides is 1. The fourth-order valence-electron chi connectivity index (χ4n) is 8.51. The van der Waals surface area contributed by atoms with Gasteiger partial charge in [-0.2, -0.15) is 0 Å². The molecule has 0 radical (unpaired) electrons. The Labute approximate surface area is 254 Å². The van der Waals surface area contributed by atoms with Crippen LogP contribution in [0.25, 0.3) is 0 Å². The van der Waals surface area contributed by atoms with Crippen molar-refractivity contribution in [3.05, 3.63) is 58.1 Å². The van der Waals surface area contributed by atoms with E-state index >= 15 is 0 Å². The average molecular weight is 613 g/mol. The van der Waals surface area contributed by atoms with Gasteiger partial charge in [0.25, 0.3) is 5.91 Å². The predicted octanol–water partition coefficient (Wildman–Crippen LogP) is 5.33. The van der Waals surface area contributed by atoms with Crippen molar-refractivity contribution in [2.45, 2.75) is 63.7 Å². The Hall–Kier alpha value is -2.29. The number of aliphatic hydroxyl groups is 1. The van der Waals surface area contributed by atoms with Crippen molar-refractivity contribution < 1.29 is 23.1 Å². The molecule has 2 heterocycles. The van der Waals surface area contributed by atoms with E-state index in [-0.39, 0.29) is 35.0 Å². The molecule has 0 saturated heterocycles. The summed E-state index contributed by atoms with van der Waals surface area (Å²) in [5.74, 6) is 1.20. The van der Waals surface area contributed by atoms with E-state index in [4.69, 9.17) is 16.3 Å². The van der Waals surface area contributed by atoms with Crippen LogP contribution in [0.3, 0.4) is 0 Å². The van der Waals surface area contributed by atoms with Crippen LogP contribution in [0.5, 0.6) is 5.75 Å². The van der Waals surface area contributed by atoms with Crippen molar-refractivity contribution in [2.24, 2.45) is 29.1 Å². The van der Waals surface area contributed by atoms with Gasteiger partial charge in [-0.25, -0.2) is 13.1 Å². The summed E-state index contributed by atoms with van der Waals surface area (Å²) < 4.78 is 35.0. The predicted molar refractivity (Wildman–Crippen MR) is 164 cm³/mol. The molecule has 9 heteroatoms. The molecule has 2 aromatic carbocycles. The Morgan fingerprint density at radius 2 is 2.00 bits per heavy atom. The maximum Gasteiger partial charge on any atom is 0.264 e. The number of fused-ring (bicyclic) bond motifs is 5. The molecule has 3 aliphatic carbocycles. The molecule has 2 bridgehead atoms. The molecule has 226 valence electrons. The third-order valence-electron chi connectivity index (χ3n) is 11.4. The second-order valence-corrected chi connectivity index (χ2v) is 16.2. The van der Waals surface area contributed by atoms with E-state index in [0.29, 0.717) is 24.0 Å². The van der Waals surface area contributed by atoms with Crippen molar-refractivity contribution >= 4 is 33.2 Å². The van der Waals surface area contributed by atoms with Gasteiger partial charge in [-0.3, -0.25) is 4.79 Å². The number of nitrogens with zero attached hydrogens (tertiary/aromatic N) is 1. The number of carbonyl (C=O) groups excluding carboxylic acids is 1. The topological polar surface area (TPSA) is 95.9 Å². The molecular formula is C33H41ClN2O5S. The standard InChI is InChI=1S/C33H41ClN2O5S/c1-32-12-10-24(17-37)27-7-4-23(27)16-36-19-33(11-2-3-21-13-26(34)6-8-28(21)33)20-41-30-9-5-22(14-29(30)36)31(38)35-42(39,40)18-25(32)15-32/h5-6,8-9,13-14,23-25,27,37H,2-4,7,10-12,15-20H2,1H3,(H,35,38)/t23-,24+,25+,27+,32?,33-/m0/s1. The van der Waals surface area contributed by atoms with E-state index in [1.54, 1.807) is 6.07 Å². The van der Waals surface area contributed by atoms with Gasteiger partial charge in [0.2, 0.25) is 10.0 Å². The molecular weight excluding hydrogens is 572 g/mol. The van der Waals surface area contributed by atoms with E-state index in [1.165, 1.54) is 11.1 Å². The molecule has 7 rings (SSSR count). The van der Waals surface area contributed by atoms with Crippen LogP contribution < -0.4 is 14.4 Å². The first-order valence-corrected chi connectivity index (χ1v) is 17.6. The lowest BCUT2D eigenvalue weighted by atomic mass is 9.65. The summed E-state index contributed by atoms with van der Waals surface area (Å²) in [5.41, 5.74) is 3.44. The summed E-state index contributed by atoms with van der Waals surface area (Å²) in [6, 6.07) is 11.5. The van der Waals surface area contributed by atoms with Gasteiger partial charge in [0.1, 0.15) is 5.75 Å². The van der Waals surface area contributed by atoms with Crippen LogP contribution >= 0.6 is 11.6 Å². The van der Waals surface area contributed by atoms with E-state index < -0.39 is 15.9 Å². The highest BCUT2D eigenvalue weighted by Crippen LogP contribution is 2.57. The lowest BCUT2D eigenvalue weighted by Gasteiger charge is -2.46. The van der Waals surface area contributed by atoms with Gasteiger partial charge in [-0.05, 0) is 122 Å². The highest BCUT2D eigenvalue weighted by molar-refractivity contribution is 7.90. The van der Waals surface area contributed by atoms with Crippen LogP contribution in [0, 0.1) is 29.1 Å². The zero-order valence-corrected chi connectivity index (χ0v) is 25.9. The fraction of sp³-hybridized carbons (Fsp3) is 0.606. The summed E-state index contributed by atoms with van der Waals surface area (Å²) in [6.45, 7) is 4.40. The number of aliphatic hydroxyl groups excluding tert-OH is 1. The highest BCUT2D eigenvalue weighted by atomic mass is 35.5. The zero-order chi connectivity index (χ0) is 29.3. The molecule has 2 N–H and O–H groups in total. The van der Waals surface area contributed by atoms with E-state index in [2.05, 4.69) is 28.7 Å². The largest absolute Gasteiger partial charge is 0.490 e. The fourth-order valence-corrected chi connectivity index (χ4v) is 10.2. The number of ether oxygens (including phenoxy) is 1. The number of rotatable bonds is 1. The van der Waals surface area contributed by atoms with Gasteiger partial charge in [0.15, 0.2) is 0 Å². The molecule has 0 aromatic heterocycles. The number of hydrogen-bond donors (Lipinski definition) is 2. The van der Waals surface area contributed by atoms with Crippen LogP contribution in [-0.4, -0.2) is 51.5 Å². The quantitative estimate of drug-likeness (QED) is 0.452. The van der Waals surface area contributed by atoms with Crippen LogP contribution in [0.2, 0.25) is 5.02 Å². The molecule has 42 heavy (non-hydrogen) atoms. The SMILES string of the molecule is CC12CC[C@H](CO)[C@@H]3CC[C@H]3CN3C[C@@]4(CCCc5cc(Cl)ccc54)COc4ccc(cc43)C(=O)NS(=O)(=O)C[C@H]1C2. The molecule has 2 aromatic rings. The third kappa shape index (κ3) is 5.11. The zero-order valence-electron chi connectivity index (χ0n) is 24.3. The Kier molecular flexibility index (Phi) is 7.06. The van der Waals surface area contributed by atoms with E-state index in [1.807, 2.05) is 18.2 Å². The lowest BCUT2D eigenvalue weighted by molar-refractivity contribution is 0.0544. The third-order valence-corrected chi connectivity index (χ3v) is 12.9. The lowest BCUT2D eigenvalue weighted by Crippen LogP contribution is -2.49. The second-order valence-electron chi connectivity index (χ2n) is 14.0. The second kappa shape index (κ2) is 10.4. The number of aryl methyl sites for hydroxylation is 1. The first kappa shape index (κ1) is 28.5. The minimum absolute atomic E-state index is 0.0348. The van der Waals surface area contributed by atoms with E-state index in [9.17, 15) is 18.3 Å². The summed E-state index contributed by atoms with van der Waals surface area (Å²) in [7, 11) is -3.79. The maximum atomic E-state index is 13.3. The summed E-state index contributed by atoms with van der Waals surface area (Å²) >= 11 is 6.40. The average Bonchev–Trinajstić information content (AvgIpc) is 3.60. The van der Waals surface area contributed by atoms with Gasteiger partial charge in [-0.1, -0.05) is 24.6 Å². The summed E-state index contributed by atoms with van der Waals surface area (Å²) in [6.07, 6.45) is 7.90. The first-order chi connectivity index (χ1) is 20.1.